The quantitative estimate of drug-likeness (QED) is 0.818. The molecule has 2 rings (SSSR count). The van der Waals surface area contributed by atoms with E-state index in [4.69, 9.17) is 5.26 Å². The first kappa shape index (κ1) is 17.2. The summed E-state index contributed by atoms with van der Waals surface area (Å²) < 4.78 is 37.3. The Bertz CT molecular complexity index is 753. The van der Waals surface area contributed by atoms with E-state index in [1.165, 1.54) is 12.4 Å². The molecule has 0 unspecified atom stereocenters. The van der Waals surface area contributed by atoms with Gasteiger partial charge in [-0.05, 0) is 24.3 Å². The van der Waals surface area contributed by atoms with E-state index in [9.17, 15) is 18.0 Å². The van der Waals surface area contributed by atoms with E-state index in [1.54, 1.807) is 0 Å². The number of rotatable bonds is 5. The van der Waals surface area contributed by atoms with Gasteiger partial charge in [-0.2, -0.15) is 18.4 Å². The van der Waals surface area contributed by atoms with Gasteiger partial charge in [0.15, 0.2) is 11.5 Å². The molecule has 0 aliphatic carbocycles. The van der Waals surface area contributed by atoms with Crippen molar-refractivity contribution in [3.63, 3.8) is 0 Å². The van der Waals surface area contributed by atoms with E-state index in [0.29, 0.717) is 5.82 Å². The lowest BCUT2D eigenvalue weighted by molar-refractivity contribution is -0.137. The van der Waals surface area contributed by atoms with Crippen LogP contribution in [-0.2, 0) is 6.18 Å². The molecule has 0 atom stereocenters. The van der Waals surface area contributed by atoms with Crippen LogP contribution < -0.4 is 10.6 Å². The van der Waals surface area contributed by atoms with Crippen LogP contribution >= 0.6 is 0 Å². The van der Waals surface area contributed by atoms with Gasteiger partial charge in [-0.3, -0.25) is 4.79 Å². The Morgan fingerprint density at radius 1 is 1.12 bits per heavy atom. The summed E-state index contributed by atoms with van der Waals surface area (Å²) in [4.78, 5) is 19.6. The Kier molecular flexibility index (Phi) is 5.31. The highest BCUT2D eigenvalue weighted by atomic mass is 19.4. The van der Waals surface area contributed by atoms with E-state index < -0.39 is 17.6 Å². The van der Waals surface area contributed by atoms with Crippen molar-refractivity contribution < 1.29 is 18.0 Å². The molecule has 0 saturated carbocycles. The number of anilines is 1. The van der Waals surface area contributed by atoms with Crippen molar-refractivity contribution in [2.24, 2.45) is 0 Å². The molecule has 0 fully saturated rings. The summed E-state index contributed by atoms with van der Waals surface area (Å²) in [6, 6.07) is 5.81. The van der Waals surface area contributed by atoms with Crippen LogP contribution in [0.25, 0.3) is 0 Å². The molecule has 2 N–H and O–H groups in total. The predicted molar refractivity (Wildman–Crippen MR) is 79.0 cm³/mol. The van der Waals surface area contributed by atoms with Crippen LogP contribution in [0.4, 0.5) is 19.0 Å². The highest BCUT2D eigenvalue weighted by molar-refractivity contribution is 5.94. The van der Waals surface area contributed by atoms with Gasteiger partial charge < -0.3 is 10.6 Å². The molecule has 0 radical (unpaired) electrons. The van der Waals surface area contributed by atoms with Crippen LogP contribution in [0.3, 0.4) is 0 Å². The minimum Gasteiger partial charge on any atom is -0.366 e. The number of amides is 1. The third-order valence-corrected chi connectivity index (χ3v) is 2.98. The molecule has 1 aromatic heterocycles. The molecule has 0 aliphatic heterocycles. The summed E-state index contributed by atoms with van der Waals surface area (Å²) in [5, 5.41) is 14.2. The smallest absolute Gasteiger partial charge is 0.366 e. The van der Waals surface area contributed by atoms with E-state index in [1.807, 2.05) is 6.07 Å². The Balaban J connectivity index is 1.84. The highest BCUT2D eigenvalue weighted by Crippen LogP contribution is 2.29. The van der Waals surface area contributed by atoms with Gasteiger partial charge in [0.1, 0.15) is 6.07 Å². The second-order valence-electron chi connectivity index (χ2n) is 4.62. The molecule has 1 amide bonds. The van der Waals surface area contributed by atoms with Gasteiger partial charge in [-0.25, -0.2) is 9.97 Å². The molecule has 0 spiro atoms. The van der Waals surface area contributed by atoms with Gasteiger partial charge in [0.05, 0.1) is 5.56 Å². The number of nitrogens with zero attached hydrogens (tertiary/aromatic N) is 3. The molecule has 2 aromatic rings. The summed E-state index contributed by atoms with van der Waals surface area (Å²) >= 11 is 0. The number of hydrogen-bond acceptors (Lipinski definition) is 5. The fourth-order valence-electron chi connectivity index (χ4n) is 1.82. The number of carbonyl (C=O) groups is 1. The molecule has 9 heteroatoms. The Labute approximate surface area is 135 Å². The van der Waals surface area contributed by atoms with E-state index in [0.717, 1.165) is 24.3 Å². The lowest BCUT2D eigenvalue weighted by Crippen LogP contribution is -2.29. The summed E-state index contributed by atoms with van der Waals surface area (Å²) in [7, 11) is 0. The largest absolute Gasteiger partial charge is 0.416 e. The fourth-order valence-corrected chi connectivity index (χ4v) is 1.82. The maximum atomic E-state index is 12.4. The lowest BCUT2D eigenvalue weighted by Gasteiger charge is -2.09. The summed E-state index contributed by atoms with van der Waals surface area (Å²) in [5.74, 6) is -0.200. The molecular weight excluding hydrogens is 323 g/mol. The van der Waals surface area contributed by atoms with Crippen molar-refractivity contribution >= 4 is 11.7 Å². The SMILES string of the molecule is N#Cc1nccnc1NCCNC(=O)c1ccc(C(F)(F)F)cc1. The first-order valence-electron chi connectivity index (χ1n) is 6.82. The Hall–Kier alpha value is -3.15. The van der Waals surface area contributed by atoms with Crippen molar-refractivity contribution in [1.29, 1.82) is 5.26 Å². The molecule has 6 nitrogen and oxygen atoms in total. The van der Waals surface area contributed by atoms with Gasteiger partial charge in [0.25, 0.3) is 5.91 Å². The average Bonchev–Trinajstić information content (AvgIpc) is 2.58. The van der Waals surface area contributed by atoms with Crippen LogP contribution in [0, 0.1) is 11.3 Å². The van der Waals surface area contributed by atoms with E-state index in [2.05, 4.69) is 20.6 Å². The minimum absolute atomic E-state index is 0.125. The summed E-state index contributed by atoms with van der Waals surface area (Å²) in [5.41, 5.74) is -0.556. The second-order valence-corrected chi connectivity index (χ2v) is 4.62. The number of alkyl halides is 3. The summed E-state index contributed by atoms with van der Waals surface area (Å²) in [6.45, 7) is 0.473. The number of carbonyl (C=O) groups excluding carboxylic acids is 1. The van der Waals surface area contributed by atoms with Crippen LogP contribution in [0.2, 0.25) is 0 Å². The zero-order valence-corrected chi connectivity index (χ0v) is 12.3. The minimum atomic E-state index is -4.44. The maximum absolute atomic E-state index is 12.4. The molecule has 24 heavy (non-hydrogen) atoms. The van der Waals surface area contributed by atoms with Crippen molar-refractivity contribution in [2.75, 3.05) is 18.4 Å². The molecule has 0 bridgehead atoms. The van der Waals surface area contributed by atoms with Crippen LogP contribution in [-0.4, -0.2) is 29.0 Å². The Morgan fingerprint density at radius 2 is 1.79 bits per heavy atom. The van der Waals surface area contributed by atoms with Crippen LogP contribution in [0.15, 0.2) is 36.7 Å². The Morgan fingerprint density at radius 3 is 2.42 bits per heavy atom. The number of halogens is 3. The summed E-state index contributed by atoms with van der Waals surface area (Å²) in [6.07, 6.45) is -1.63. The van der Waals surface area contributed by atoms with E-state index >= 15 is 0 Å². The van der Waals surface area contributed by atoms with Crippen LogP contribution in [0.5, 0.6) is 0 Å². The number of aromatic nitrogens is 2. The van der Waals surface area contributed by atoms with Crippen molar-refractivity contribution in [3.05, 3.63) is 53.5 Å². The second kappa shape index (κ2) is 7.41. The van der Waals surface area contributed by atoms with Gasteiger partial charge in [0.2, 0.25) is 0 Å². The highest BCUT2D eigenvalue weighted by Gasteiger charge is 2.30. The first-order chi connectivity index (χ1) is 11.4. The zero-order valence-electron chi connectivity index (χ0n) is 12.3. The molecule has 124 valence electrons. The average molecular weight is 335 g/mol. The maximum Gasteiger partial charge on any atom is 0.416 e. The molecule has 0 saturated heterocycles. The van der Waals surface area contributed by atoms with Crippen molar-refractivity contribution in [1.82, 2.24) is 15.3 Å². The molecular formula is C15H12F3N5O. The number of nitrogens with one attached hydrogen (secondary N) is 2. The third kappa shape index (κ3) is 4.42. The first-order valence-corrected chi connectivity index (χ1v) is 6.82. The van der Waals surface area contributed by atoms with E-state index in [-0.39, 0.29) is 24.3 Å². The number of hydrogen-bond donors (Lipinski definition) is 2. The third-order valence-electron chi connectivity index (χ3n) is 2.98. The number of benzene rings is 1. The van der Waals surface area contributed by atoms with Gasteiger partial charge >= 0.3 is 6.18 Å². The molecule has 0 aliphatic rings. The van der Waals surface area contributed by atoms with Crippen molar-refractivity contribution in [2.45, 2.75) is 6.18 Å². The zero-order chi connectivity index (χ0) is 17.6. The number of nitriles is 1. The predicted octanol–water partition coefficient (Wildman–Crippen LogP) is 2.21. The topological polar surface area (TPSA) is 90.7 Å². The fraction of sp³-hybridized carbons (Fsp3) is 0.200. The van der Waals surface area contributed by atoms with Gasteiger partial charge in [0, 0.05) is 31.0 Å². The normalized spacial score (nSPS) is 10.8. The van der Waals surface area contributed by atoms with Crippen molar-refractivity contribution in [3.8, 4) is 6.07 Å². The standard InChI is InChI=1S/C15H12F3N5O/c16-15(17,18)11-3-1-10(2-4-11)14(24)23-8-7-22-13-12(9-19)20-5-6-21-13/h1-6H,7-8H2,(H,21,22)(H,23,24). The van der Waals surface area contributed by atoms with Crippen LogP contribution in [0.1, 0.15) is 21.6 Å². The monoisotopic (exact) mass is 335 g/mol. The van der Waals surface area contributed by atoms with Gasteiger partial charge in [-0.15, -0.1) is 0 Å². The molecule has 1 heterocycles. The lowest BCUT2D eigenvalue weighted by atomic mass is 10.1. The molecule has 1 aromatic carbocycles. The van der Waals surface area contributed by atoms with Gasteiger partial charge in [-0.1, -0.05) is 0 Å².